The quantitative estimate of drug-likeness (QED) is 0.897. The molecule has 2 rings (SSSR count). The standard InChI is InChI=1S/C17H26N2O.ClH/c18-16(13-14-9-5-4-6-10-14)17(20)19-15-11-7-2-1-3-8-12-15;/h4-6,9-10,15-16H,1-3,7-8,11-13,18H2,(H,19,20);1H/t16-;/m0./s1. The first kappa shape index (κ1) is 18.0. The van der Waals surface area contributed by atoms with Crippen molar-refractivity contribution in [2.24, 2.45) is 5.73 Å². The topological polar surface area (TPSA) is 55.1 Å². The van der Waals surface area contributed by atoms with Crippen LogP contribution in [-0.4, -0.2) is 18.0 Å². The highest BCUT2D eigenvalue weighted by Gasteiger charge is 2.18. The zero-order valence-electron chi connectivity index (χ0n) is 12.6. The fraction of sp³-hybridized carbons (Fsp3) is 0.588. The van der Waals surface area contributed by atoms with Crippen LogP contribution in [0.2, 0.25) is 0 Å². The largest absolute Gasteiger partial charge is 0.352 e. The summed E-state index contributed by atoms with van der Waals surface area (Å²) in [5, 5.41) is 3.14. The van der Waals surface area contributed by atoms with Crippen molar-refractivity contribution in [1.29, 1.82) is 0 Å². The van der Waals surface area contributed by atoms with Gasteiger partial charge in [0.05, 0.1) is 6.04 Å². The lowest BCUT2D eigenvalue weighted by Crippen LogP contribution is -2.46. The molecule has 0 aromatic heterocycles. The van der Waals surface area contributed by atoms with E-state index in [-0.39, 0.29) is 18.3 Å². The summed E-state index contributed by atoms with van der Waals surface area (Å²) < 4.78 is 0. The van der Waals surface area contributed by atoms with Crippen LogP contribution in [0.5, 0.6) is 0 Å². The van der Waals surface area contributed by atoms with E-state index < -0.39 is 6.04 Å². The Morgan fingerprint density at radius 2 is 1.67 bits per heavy atom. The summed E-state index contributed by atoms with van der Waals surface area (Å²) in [4.78, 5) is 12.2. The Morgan fingerprint density at radius 1 is 1.10 bits per heavy atom. The molecule has 0 radical (unpaired) electrons. The molecule has 0 aliphatic heterocycles. The second-order valence-electron chi connectivity index (χ2n) is 5.85. The molecule has 3 nitrogen and oxygen atoms in total. The molecule has 0 unspecified atom stereocenters. The Balaban J connectivity index is 0.00000220. The molecular weight excluding hydrogens is 284 g/mol. The molecule has 3 N–H and O–H groups in total. The third-order valence-electron chi connectivity index (χ3n) is 4.09. The van der Waals surface area contributed by atoms with Crippen LogP contribution in [0.1, 0.15) is 50.5 Å². The fourth-order valence-electron chi connectivity index (χ4n) is 2.87. The SMILES string of the molecule is Cl.N[C@@H](Cc1ccccc1)C(=O)NC1CCCCCCC1. The number of benzene rings is 1. The predicted octanol–water partition coefficient (Wildman–Crippen LogP) is 3.21. The number of rotatable bonds is 4. The average molecular weight is 311 g/mol. The maximum atomic E-state index is 12.2. The van der Waals surface area contributed by atoms with Gasteiger partial charge in [-0.2, -0.15) is 0 Å². The van der Waals surface area contributed by atoms with E-state index in [0.29, 0.717) is 12.5 Å². The second-order valence-corrected chi connectivity index (χ2v) is 5.85. The average Bonchev–Trinajstić information content (AvgIpc) is 2.42. The molecule has 1 aliphatic rings. The third kappa shape index (κ3) is 6.49. The highest BCUT2D eigenvalue weighted by atomic mass is 35.5. The minimum Gasteiger partial charge on any atom is -0.352 e. The molecule has 0 bridgehead atoms. The summed E-state index contributed by atoms with van der Waals surface area (Å²) in [5.74, 6) is -0.000531. The molecule has 1 aliphatic carbocycles. The Kier molecular flexibility index (Phi) is 8.40. The van der Waals surface area contributed by atoms with Gasteiger partial charge >= 0.3 is 0 Å². The fourth-order valence-corrected chi connectivity index (χ4v) is 2.87. The van der Waals surface area contributed by atoms with E-state index in [2.05, 4.69) is 5.32 Å². The minimum absolute atomic E-state index is 0. The Bertz CT molecular complexity index is 403. The van der Waals surface area contributed by atoms with E-state index in [0.717, 1.165) is 18.4 Å². The van der Waals surface area contributed by atoms with Gasteiger partial charge in [-0.15, -0.1) is 12.4 Å². The smallest absolute Gasteiger partial charge is 0.237 e. The van der Waals surface area contributed by atoms with Gasteiger partial charge < -0.3 is 11.1 Å². The van der Waals surface area contributed by atoms with Crippen molar-refractivity contribution in [2.75, 3.05) is 0 Å². The van der Waals surface area contributed by atoms with Gasteiger partial charge in [0.25, 0.3) is 0 Å². The van der Waals surface area contributed by atoms with Gasteiger partial charge in [-0.1, -0.05) is 62.4 Å². The highest BCUT2D eigenvalue weighted by molar-refractivity contribution is 5.85. The van der Waals surface area contributed by atoms with Gasteiger partial charge in [-0.05, 0) is 24.8 Å². The van der Waals surface area contributed by atoms with Crippen molar-refractivity contribution < 1.29 is 4.79 Å². The lowest BCUT2D eigenvalue weighted by Gasteiger charge is -2.23. The molecule has 118 valence electrons. The number of nitrogens with two attached hydrogens (primary N) is 1. The summed E-state index contributed by atoms with van der Waals surface area (Å²) in [5.41, 5.74) is 7.14. The van der Waals surface area contributed by atoms with Crippen molar-refractivity contribution in [1.82, 2.24) is 5.32 Å². The van der Waals surface area contributed by atoms with E-state index in [1.807, 2.05) is 30.3 Å². The molecule has 0 heterocycles. The molecule has 1 aromatic rings. The van der Waals surface area contributed by atoms with Gasteiger partial charge in [0.15, 0.2) is 0 Å². The number of carbonyl (C=O) groups excluding carboxylic acids is 1. The maximum Gasteiger partial charge on any atom is 0.237 e. The second kappa shape index (κ2) is 9.80. The first-order chi connectivity index (χ1) is 9.75. The number of amides is 1. The monoisotopic (exact) mass is 310 g/mol. The number of nitrogens with one attached hydrogen (secondary N) is 1. The summed E-state index contributed by atoms with van der Waals surface area (Å²) in [6, 6.07) is 9.85. The van der Waals surface area contributed by atoms with E-state index in [9.17, 15) is 4.79 Å². The third-order valence-corrected chi connectivity index (χ3v) is 4.09. The van der Waals surface area contributed by atoms with E-state index in [4.69, 9.17) is 5.73 Å². The van der Waals surface area contributed by atoms with Crippen LogP contribution in [0.4, 0.5) is 0 Å². The van der Waals surface area contributed by atoms with Crippen molar-refractivity contribution in [3.05, 3.63) is 35.9 Å². The molecule has 1 saturated carbocycles. The van der Waals surface area contributed by atoms with Crippen LogP contribution in [0, 0.1) is 0 Å². The first-order valence-corrected chi connectivity index (χ1v) is 7.85. The number of hydrogen-bond donors (Lipinski definition) is 2. The van der Waals surface area contributed by atoms with Crippen molar-refractivity contribution in [3.8, 4) is 0 Å². The molecule has 1 atom stereocenters. The summed E-state index contributed by atoms with van der Waals surface area (Å²) >= 11 is 0. The molecular formula is C17H27ClN2O. The molecule has 21 heavy (non-hydrogen) atoms. The van der Waals surface area contributed by atoms with Crippen LogP contribution in [0.3, 0.4) is 0 Å². The van der Waals surface area contributed by atoms with Gasteiger partial charge in [0.2, 0.25) is 5.91 Å². The molecule has 0 spiro atoms. The van der Waals surface area contributed by atoms with Crippen molar-refractivity contribution in [3.63, 3.8) is 0 Å². The number of halogens is 1. The minimum atomic E-state index is -0.442. The van der Waals surface area contributed by atoms with Gasteiger partial charge in [-0.25, -0.2) is 0 Å². The molecule has 1 amide bonds. The lowest BCUT2D eigenvalue weighted by atomic mass is 9.96. The molecule has 4 heteroatoms. The van der Waals surface area contributed by atoms with Crippen LogP contribution in [0.15, 0.2) is 30.3 Å². The molecule has 1 aromatic carbocycles. The normalized spacial score (nSPS) is 18.0. The Hall–Kier alpha value is -1.06. The Labute approximate surface area is 134 Å². The molecule has 1 fully saturated rings. The van der Waals surface area contributed by atoms with Crippen LogP contribution >= 0.6 is 12.4 Å². The van der Waals surface area contributed by atoms with Crippen LogP contribution < -0.4 is 11.1 Å². The Morgan fingerprint density at radius 3 is 2.29 bits per heavy atom. The van der Waals surface area contributed by atoms with Gasteiger partial charge in [0.1, 0.15) is 0 Å². The number of hydrogen-bond acceptors (Lipinski definition) is 2. The van der Waals surface area contributed by atoms with Gasteiger partial charge in [-0.3, -0.25) is 4.79 Å². The van der Waals surface area contributed by atoms with Crippen molar-refractivity contribution >= 4 is 18.3 Å². The zero-order valence-corrected chi connectivity index (χ0v) is 13.4. The lowest BCUT2D eigenvalue weighted by molar-refractivity contribution is -0.123. The van der Waals surface area contributed by atoms with Crippen molar-refractivity contribution in [2.45, 2.75) is 63.5 Å². The van der Waals surface area contributed by atoms with E-state index in [1.165, 1.54) is 32.1 Å². The number of carbonyl (C=O) groups is 1. The van der Waals surface area contributed by atoms with Crippen LogP contribution in [-0.2, 0) is 11.2 Å². The van der Waals surface area contributed by atoms with E-state index >= 15 is 0 Å². The highest BCUT2D eigenvalue weighted by Crippen LogP contribution is 2.17. The maximum absolute atomic E-state index is 12.2. The van der Waals surface area contributed by atoms with Crippen LogP contribution in [0.25, 0.3) is 0 Å². The summed E-state index contributed by atoms with van der Waals surface area (Å²) in [6.45, 7) is 0. The summed E-state index contributed by atoms with van der Waals surface area (Å²) in [7, 11) is 0. The predicted molar refractivity (Wildman–Crippen MR) is 89.6 cm³/mol. The summed E-state index contributed by atoms with van der Waals surface area (Å²) in [6.07, 6.45) is 9.18. The molecule has 0 saturated heterocycles. The zero-order chi connectivity index (χ0) is 14.2. The van der Waals surface area contributed by atoms with Gasteiger partial charge in [0, 0.05) is 6.04 Å². The first-order valence-electron chi connectivity index (χ1n) is 7.85. The van der Waals surface area contributed by atoms with E-state index in [1.54, 1.807) is 0 Å².